The molecular formula is C16H22FNO3. The molecule has 1 unspecified atom stereocenters. The van der Waals surface area contributed by atoms with Crippen LogP contribution in [0.4, 0.5) is 4.39 Å². The second kappa shape index (κ2) is 7.52. The second-order valence-electron chi connectivity index (χ2n) is 5.40. The number of ether oxygens (including phenoxy) is 1. The summed E-state index contributed by atoms with van der Waals surface area (Å²) in [6, 6.07) is 4.22. The Balaban J connectivity index is 2.11. The van der Waals surface area contributed by atoms with Crippen LogP contribution in [0.2, 0.25) is 0 Å². The van der Waals surface area contributed by atoms with Crippen LogP contribution in [0.5, 0.6) is 5.75 Å². The topological polar surface area (TPSA) is 49.8 Å². The molecule has 0 radical (unpaired) electrons. The van der Waals surface area contributed by atoms with Crippen molar-refractivity contribution in [2.45, 2.75) is 31.7 Å². The zero-order chi connectivity index (χ0) is 15.2. The highest BCUT2D eigenvalue weighted by Crippen LogP contribution is 2.23. The van der Waals surface area contributed by atoms with Crippen molar-refractivity contribution in [1.82, 2.24) is 4.90 Å². The first-order chi connectivity index (χ1) is 10.2. The third-order valence-corrected chi connectivity index (χ3v) is 4.02. The lowest BCUT2D eigenvalue weighted by molar-refractivity contribution is 0.0796. The molecule has 116 valence electrons. The van der Waals surface area contributed by atoms with E-state index in [4.69, 9.17) is 9.84 Å². The predicted octanol–water partition coefficient (Wildman–Crippen LogP) is 2.25. The molecule has 4 nitrogen and oxygen atoms in total. The van der Waals surface area contributed by atoms with Gasteiger partial charge in [-0.25, -0.2) is 4.39 Å². The molecule has 1 N–H and O–H groups in total. The first-order valence-electron chi connectivity index (χ1n) is 7.37. The molecule has 0 saturated carbocycles. The van der Waals surface area contributed by atoms with E-state index < -0.39 is 5.82 Å². The van der Waals surface area contributed by atoms with E-state index in [0.717, 1.165) is 25.8 Å². The van der Waals surface area contributed by atoms with Crippen molar-refractivity contribution in [3.8, 4) is 5.75 Å². The Kier molecular flexibility index (Phi) is 5.70. The van der Waals surface area contributed by atoms with Gasteiger partial charge in [-0.05, 0) is 44.0 Å². The quantitative estimate of drug-likeness (QED) is 0.818. The Hall–Kier alpha value is -1.46. The van der Waals surface area contributed by atoms with Crippen LogP contribution in [-0.4, -0.2) is 48.6 Å². The van der Waals surface area contributed by atoms with Crippen molar-refractivity contribution < 1.29 is 19.0 Å². The predicted molar refractivity (Wildman–Crippen MR) is 78.2 cm³/mol. The number of aliphatic hydroxyl groups excluding tert-OH is 1. The summed E-state index contributed by atoms with van der Waals surface area (Å²) < 4.78 is 18.5. The van der Waals surface area contributed by atoms with Gasteiger partial charge in [-0.15, -0.1) is 0 Å². The van der Waals surface area contributed by atoms with E-state index in [1.807, 2.05) is 0 Å². The van der Waals surface area contributed by atoms with Gasteiger partial charge in [-0.3, -0.25) is 9.69 Å². The molecule has 1 heterocycles. The van der Waals surface area contributed by atoms with E-state index >= 15 is 0 Å². The average Bonchev–Trinajstić information content (AvgIpc) is 2.49. The molecule has 2 rings (SSSR count). The van der Waals surface area contributed by atoms with Crippen LogP contribution >= 0.6 is 0 Å². The van der Waals surface area contributed by atoms with Crippen LogP contribution in [0.3, 0.4) is 0 Å². The minimum Gasteiger partial charge on any atom is -0.496 e. The lowest BCUT2D eigenvalue weighted by Gasteiger charge is -2.35. The zero-order valence-corrected chi connectivity index (χ0v) is 12.3. The summed E-state index contributed by atoms with van der Waals surface area (Å²) in [7, 11) is 1.47. The summed E-state index contributed by atoms with van der Waals surface area (Å²) in [6.07, 6.45) is 3.84. The van der Waals surface area contributed by atoms with Gasteiger partial charge in [0, 0.05) is 12.6 Å². The Morgan fingerprint density at radius 2 is 2.29 bits per heavy atom. The first-order valence-corrected chi connectivity index (χ1v) is 7.37. The number of piperidine rings is 1. The van der Waals surface area contributed by atoms with Crippen molar-refractivity contribution in [3.05, 3.63) is 29.6 Å². The maximum absolute atomic E-state index is 13.4. The molecule has 1 aliphatic heterocycles. The number of benzene rings is 1. The van der Waals surface area contributed by atoms with Crippen molar-refractivity contribution in [2.24, 2.45) is 0 Å². The largest absolute Gasteiger partial charge is 0.496 e. The van der Waals surface area contributed by atoms with Gasteiger partial charge in [-0.1, -0.05) is 6.42 Å². The molecule has 0 aliphatic carbocycles. The summed E-state index contributed by atoms with van der Waals surface area (Å²) in [4.78, 5) is 14.5. The van der Waals surface area contributed by atoms with Gasteiger partial charge in [0.05, 0.1) is 19.2 Å². The van der Waals surface area contributed by atoms with Crippen molar-refractivity contribution >= 4 is 5.78 Å². The van der Waals surface area contributed by atoms with Crippen LogP contribution < -0.4 is 4.74 Å². The molecule has 1 fully saturated rings. The van der Waals surface area contributed by atoms with E-state index in [1.165, 1.54) is 25.3 Å². The third kappa shape index (κ3) is 4.02. The minimum atomic E-state index is -0.440. The molecule has 0 amide bonds. The smallest absolute Gasteiger partial charge is 0.180 e. The van der Waals surface area contributed by atoms with Crippen LogP contribution in [0.1, 0.15) is 36.0 Å². The van der Waals surface area contributed by atoms with Crippen LogP contribution in [0.15, 0.2) is 18.2 Å². The Morgan fingerprint density at radius 1 is 1.48 bits per heavy atom. The first kappa shape index (κ1) is 15.9. The number of aliphatic hydroxyl groups is 1. The number of likely N-dealkylation sites (tertiary alicyclic amines) is 1. The SMILES string of the molecule is COc1ccc(F)cc1C(=O)CN1CCCCC1CCO. The molecule has 1 saturated heterocycles. The van der Waals surface area contributed by atoms with E-state index in [9.17, 15) is 9.18 Å². The van der Waals surface area contributed by atoms with Crippen LogP contribution in [0, 0.1) is 5.82 Å². The molecule has 5 heteroatoms. The normalized spacial score (nSPS) is 19.5. The van der Waals surface area contributed by atoms with E-state index in [1.54, 1.807) is 0 Å². The number of nitrogens with zero attached hydrogens (tertiary/aromatic N) is 1. The summed E-state index contributed by atoms with van der Waals surface area (Å²) in [5.41, 5.74) is 0.283. The van der Waals surface area contributed by atoms with E-state index in [-0.39, 0.29) is 30.5 Å². The summed E-state index contributed by atoms with van der Waals surface area (Å²) in [5.74, 6) is -0.182. The van der Waals surface area contributed by atoms with E-state index in [2.05, 4.69) is 4.90 Å². The van der Waals surface area contributed by atoms with Gasteiger partial charge in [0.15, 0.2) is 5.78 Å². The number of halogens is 1. The minimum absolute atomic E-state index is 0.124. The number of carbonyl (C=O) groups is 1. The fraction of sp³-hybridized carbons (Fsp3) is 0.562. The molecule has 1 atom stereocenters. The monoisotopic (exact) mass is 295 g/mol. The lowest BCUT2D eigenvalue weighted by atomic mass is 9.98. The molecule has 1 aliphatic rings. The summed E-state index contributed by atoms with van der Waals surface area (Å²) >= 11 is 0. The fourth-order valence-electron chi connectivity index (χ4n) is 2.91. The molecule has 0 aromatic heterocycles. The maximum atomic E-state index is 13.4. The van der Waals surface area contributed by atoms with Crippen molar-refractivity contribution in [2.75, 3.05) is 26.8 Å². The molecule has 0 bridgehead atoms. The Bertz CT molecular complexity index is 490. The third-order valence-electron chi connectivity index (χ3n) is 4.02. The van der Waals surface area contributed by atoms with Crippen LogP contribution in [-0.2, 0) is 0 Å². The molecular weight excluding hydrogens is 273 g/mol. The summed E-state index contributed by atoms with van der Waals surface area (Å²) in [6.45, 7) is 1.21. The van der Waals surface area contributed by atoms with Crippen molar-refractivity contribution in [3.63, 3.8) is 0 Å². The van der Waals surface area contributed by atoms with Gasteiger partial charge in [-0.2, -0.15) is 0 Å². The van der Waals surface area contributed by atoms with Crippen LogP contribution in [0.25, 0.3) is 0 Å². The fourth-order valence-corrected chi connectivity index (χ4v) is 2.91. The number of hydrogen-bond acceptors (Lipinski definition) is 4. The number of rotatable bonds is 6. The van der Waals surface area contributed by atoms with Gasteiger partial charge in [0.2, 0.25) is 0 Å². The van der Waals surface area contributed by atoms with Crippen molar-refractivity contribution in [1.29, 1.82) is 0 Å². The molecule has 21 heavy (non-hydrogen) atoms. The Labute approximate surface area is 124 Å². The second-order valence-corrected chi connectivity index (χ2v) is 5.40. The highest BCUT2D eigenvalue weighted by molar-refractivity contribution is 6.00. The van der Waals surface area contributed by atoms with Gasteiger partial charge in [0.25, 0.3) is 0 Å². The maximum Gasteiger partial charge on any atom is 0.180 e. The van der Waals surface area contributed by atoms with E-state index in [0.29, 0.717) is 12.2 Å². The number of carbonyl (C=O) groups excluding carboxylic acids is 1. The van der Waals surface area contributed by atoms with Gasteiger partial charge in [0.1, 0.15) is 11.6 Å². The number of hydrogen-bond donors (Lipinski definition) is 1. The zero-order valence-electron chi connectivity index (χ0n) is 12.3. The van der Waals surface area contributed by atoms with Gasteiger partial charge >= 0.3 is 0 Å². The highest BCUT2D eigenvalue weighted by Gasteiger charge is 2.25. The highest BCUT2D eigenvalue weighted by atomic mass is 19.1. The van der Waals surface area contributed by atoms with Gasteiger partial charge < -0.3 is 9.84 Å². The lowest BCUT2D eigenvalue weighted by Crippen LogP contribution is -2.43. The standard InChI is InChI=1S/C16H22FNO3/c1-21-16-6-5-12(17)10-14(16)15(20)11-18-8-3-2-4-13(18)7-9-19/h5-6,10,13,19H,2-4,7-9,11H2,1H3. The number of methoxy groups -OCH3 is 1. The molecule has 1 aromatic carbocycles. The average molecular weight is 295 g/mol. The molecule has 1 aromatic rings. The Morgan fingerprint density at radius 3 is 3.00 bits per heavy atom. The molecule has 0 spiro atoms. The number of Topliss-reactive ketones (excluding diaryl/α,β-unsaturated/α-hetero) is 1. The summed E-state index contributed by atoms with van der Waals surface area (Å²) in [5, 5.41) is 9.12. The number of ketones is 1.